The number of esters is 1. The zero-order chi connectivity index (χ0) is 20.6. The van der Waals surface area contributed by atoms with E-state index in [2.05, 4.69) is 15.1 Å². The average molecular weight is 397 g/mol. The van der Waals surface area contributed by atoms with Gasteiger partial charge in [0.2, 0.25) is 11.7 Å². The lowest BCUT2D eigenvalue weighted by Gasteiger charge is -2.14. The topological polar surface area (TPSA) is 96.6 Å². The summed E-state index contributed by atoms with van der Waals surface area (Å²) in [5.41, 5.74) is 1.18. The highest BCUT2D eigenvalue weighted by molar-refractivity contribution is 5.90. The summed E-state index contributed by atoms with van der Waals surface area (Å²) in [7, 11) is 1.53. The molecule has 8 heteroatoms. The molecule has 0 radical (unpaired) electrons. The predicted molar refractivity (Wildman–Crippen MR) is 105 cm³/mol. The first kappa shape index (κ1) is 20.3. The highest BCUT2D eigenvalue weighted by Gasteiger charge is 2.14. The van der Waals surface area contributed by atoms with E-state index in [9.17, 15) is 4.79 Å². The molecule has 0 saturated carbocycles. The molecule has 2 aromatic heterocycles. The van der Waals surface area contributed by atoms with Gasteiger partial charge in [-0.3, -0.25) is 4.98 Å². The maximum atomic E-state index is 12.3. The van der Waals surface area contributed by atoms with Crippen LogP contribution in [0.5, 0.6) is 11.5 Å². The van der Waals surface area contributed by atoms with Crippen LogP contribution in [-0.2, 0) is 11.2 Å². The minimum Gasteiger partial charge on any atom is -0.493 e. The summed E-state index contributed by atoms with van der Waals surface area (Å²) >= 11 is 0. The van der Waals surface area contributed by atoms with Crippen molar-refractivity contribution < 1.29 is 23.5 Å². The molecule has 0 saturated heterocycles. The van der Waals surface area contributed by atoms with Crippen LogP contribution in [0.4, 0.5) is 0 Å². The van der Waals surface area contributed by atoms with E-state index < -0.39 is 5.97 Å². The van der Waals surface area contributed by atoms with Gasteiger partial charge in [0.1, 0.15) is 0 Å². The number of hydrogen-bond donors (Lipinski definition) is 0. The molecule has 29 heavy (non-hydrogen) atoms. The molecule has 0 spiro atoms. The molecule has 0 unspecified atom stereocenters. The fourth-order valence-electron chi connectivity index (χ4n) is 2.59. The van der Waals surface area contributed by atoms with Gasteiger partial charge in [-0.1, -0.05) is 5.16 Å². The van der Waals surface area contributed by atoms with Crippen LogP contribution in [0.15, 0.2) is 47.2 Å². The van der Waals surface area contributed by atoms with E-state index in [0.717, 1.165) is 5.56 Å². The second-order valence-corrected chi connectivity index (χ2v) is 6.53. The van der Waals surface area contributed by atoms with Crippen molar-refractivity contribution in [1.82, 2.24) is 15.1 Å². The molecule has 152 valence electrons. The molecule has 0 aliphatic rings. The first-order valence-electron chi connectivity index (χ1n) is 9.31. The van der Waals surface area contributed by atoms with Crippen molar-refractivity contribution in [2.75, 3.05) is 13.7 Å². The van der Waals surface area contributed by atoms with Crippen LogP contribution < -0.4 is 9.47 Å². The summed E-state index contributed by atoms with van der Waals surface area (Å²) in [6.45, 7) is 4.07. The maximum absolute atomic E-state index is 12.3. The number of aryl methyl sites for hydroxylation is 1. The molecule has 0 N–H and O–H groups in total. The van der Waals surface area contributed by atoms with E-state index in [1.54, 1.807) is 36.7 Å². The van der Waals surface area contributed by atoms with Crippen molar-refractivity contribution in [2.24, 2.45) is 0 Å². The Morgan fingerprint density at radius 2 is 2.07 bits per heavy atom. The van der Waals surface area contributed by atoms with Crippen LogP contribution in [0.2, 0.25) is 0 Å². The van der Waals surface area contributed by atoms with E-state index in [1.807, 2.05) is 19.9 Å². The quantitative estimate of drug-likeness (QED) is 0.398. The molecule has 3 aromatic rings. The summed E-state index contributed by atoms with van der Waals surface area (Å²) in [6, 6.07) is 8.63. The summed E-state index contributed by atoms with van der Waals surface area (Å²) in [4.78, 5) is 20.6. The third-order valence-electron chi connectivity index (χ3n) is 3.92. The number of aromatic nitrogens is 3. The molecule has 0 fully saturated rings. The predicted octanol–water partition coefficient (Wildman–Crippen LogP) is 3.72. The lowest BCUT2D eigenvalue weighted by molar-refractivity contribution is 0.0498. The zero-order valence-corrected chi connectivity index (χ0v) is 16.6. The third-order valence-corrected chi connectivity index (χ3v) is 3.92. The minimum atomic E-state index is -0.430. The number of ether oxygens (including phenoxy) is 3. The molecular formula is C21H23N3O5. The highest BCUT2D eigenvalue weighted by Crippen LogP contribution is 2.29. The van der Waals surface area contributed by atoms with Gasteiger partial charge >= 0.3 is 5.97 Å². The Balaban J connectivity index is 1.49. The number of carbonyl (C=O) groups is 1. The monoisotopic (exact) mass is 397 g/mol. The van der Waals surface area contributed by atoms with Crippen LogP contribution in [0.3, 0.4) is 0 Å². The Kier molecular flexibility index (Phi) is 6.78. The van der Waals surface area contributed by atoms with Crippen molar-refractivity contribution in [2.45, 2.75) is 32.8 Å². The Hall–Kier alpha value is -3.42. The molecule has 3 rings (SSSR count). The number of methoxy groups -OCH3 is 1. The summed E-state index contributed by atoms with van der Waals surface area (Å²) in [6.07, 6.45) is 4.42. The number of pyridine rings is 1. The maximum Gasteiger partial charge on any atom is 0.338 e. The van der Waals surface area contributed by atoms with Crippen LogP contribution in [-0.4, -0.2) is 40.9 Å². The van der Waals surface area contributed by atoms with Crippen LogP contribution in [0.1, 0.15) is 36.5 Å². The van der Waals surface area contributed by atoms with Gasteiger partial charge in [-0.05, 0) is 50.6 Å². The SMILES string of the molecule is COc1cc(C(=O)OCCCc2nc(-c3cccnc3)no2)ccc1OC(C)C. The Morgan fingerprint density at radius 3 is 2.79 bits per heavy atom. The van der Waals surface area contributed by atoms with E-state index in [4.69, 9.17) is 18.7 Å². The van der Waals surface area contributed by atoms with Gasteiger partial charge in [-0.25, -0.2) is 4.79 Å². The fraction of sp³-hybridized carbons (Fsp3) is 0.333. The second kappa shape index (κ2) is 9.68. The lowest BCUT2D eigenvalue weighted by Crippen LogP contribution is -2.09. The van der Waals surface area contributed by atoms with Gasteiger partial charge in [0.05, 0.1) is 25.4 Å². The number of rotatable bonds is 9. The fourth-order valence-corrected chi connectivity index (χ4v) is 2.59. The van der Waals surface area contributed by atoms with Gasteiger partial charge in [-0.15, -0.1) is 0 Å². The minimum absolute atomic E-state index is 0.00470. The van der Waals surface area contributed by atoms with E-state index in [-0.39, 0.29) is 12.7 Å². The van der Waals surface area contributed by atoms with E-state index in [0.29, 0.717) is 41.6 Å². The van der Waals surface area contributed by atoms with Gasteiger partial charge < -0.3 is 18.7 Å². The molecule has 1 aromatic carbocycles. The number of benzene rings is 1. The molecular weight excluding hydrogens is 374 g/mol. The Morgan fingerprint density at radius 1 is 1.21 bits per heavy atom. The standard InChI is InChI=1S/C21H23N3O5/c1-14(2)28-17-9-8-15(12-18(17)26-3)21(25)27-11-5-7-19-23-20(24-29-19)16-6-4-10-22-13-16/h4,6,8-10,12-14H,5,7,11H2,1-3H3. The Labute approximate surface area is 168 Å². The van der Waals surface area contributed by atoms with Crippen molar-refractivity contribution in [1.29, 1.82) is 0 Å². The van der Waals surface area contributed by atoms with Crippen molar-refractivity contribution >= 4 is 5.97 Å². The van der Waals surface area contributed by atoms with Crippen LogP contribution in [0.25, 0.3) is 11.4 Å². The number of hydrogen-bond acceptors (Lipinski definition) is 8. The van der Waals surface area contributed by atoms with E-state index in [1.165, 1.54) is 7.11 Å². The molecule has 0 atom stereocenters. The zero-order valence-electron chi connectivity index (χ0n) is 16.6. The summed E-state index contributed by atoms with van der Waals surface area (Å²) in [5.74, 6) is 1.61. The van der Waals surface area contributed by atoms with Crippen LogP contribution in [0, 0.1) is 0 Å². The van der Waals surface area contributed by atoms with Gasteiger partial charge in [0.25, 0.3) is 0 Å². The molecule has 0 amide bonds. The van der Waals surface area contributed by atoms with Crippen molar-refractivity contribution in [3.63, 3.8) is 0 Å². The number of carbonyl (C=O) groups excluding carboxylic acids is 1. The molecule has 0 aliphatic carbocycles. The highest BCUT2D eigenvalue weighted by atomic mass is 16.5. The molecule has 8 nitrogen and oxygen atoms in total. The van der Waals surface area contributed by atoms with Crippen molar-refractivity contribution in [3.05, 3.63) is 54.2 Å². The third kappa shape index (κ3) is 5.54. The van der Waals surface area contributed by atoms with Crippen LogP contribution >= 0.6 is 0 Å². The first-order chi connectivity index (χ1) is 14.1. The molecule has 0 bridgehead atoms. The van der Waals surface area contributed by atoms with Crippen molar-refractivity contribution in [3.8, 4) is 22.9 Å². The smallest absolute Gasteiger partial charge is 0.338 e. The summed E-state index contributed by atoms with van der Waals surface area (Å²) < 4.78 is 21.5. The largest absolute Gasteiger partial charge is 0.493 e. The second-order valence-electron chi connectivity index (χ2n) is 6.53. The van der Waals surface area contributed by atoms with Gasteiger partial charge in [0, 0.05) is 24.4 Å². The first-order valence-corrected chi connectivity index (χ1v) is 9.31. The lowest BCUT2D eigenvalue weighted by atomic mass is 10.2. The molecule has 0 aliphatic heterocycles. The normalized spacial score (nSPS) is 10.8. The number of nitrogens with zero attached hydrogens (tertiary/aromatic N) is 3. The van der Waals surface area contributed by atoms with Gasteiger partial charge in [0.15, 0.2) is 11.5 Å². The molecule has 2 heterocycles. The van der Waals surface area contributed by atoms with Gasteiger partial charge in [-0.2, -0.15) is 4.98 Å². The summed E-state index contributed by atoms with van der Waals surface area (Å²) in [5, 5.41) is 3.94. The Bertz CT molecular complexity index is 940. The average Bonchev–Trinajstić information content (AvgIpc) is 3.20. The van der Waals surface area contributed by atoms with E-state index >= 15 is 0 Å².